The number of hydrogen-bond donors (Lipinski definition) is 2. The highest BCUT2D eigenvalue weighted by atomic mass is 15.1. The van der Waals surface area contributed by atoms with Crippen molar-refractivity contribution in [2.45, 2.75) is 38.1 Å². The monoisotopic (exact) mass is 231 g/mol. The van der Waals surface area contributed by atoms with Crippen molar-refractivity contribution in [2.75, 3.05) is 0 Å². The molecule has 5 rings (SSSR count). The third-order valence-corrected chi connectivity index (χ3v) is 5.62. The summed E-state index contributed by atoms with van der Waals surface area (Å²) in [4.78, 5) is 0. The number of H-pyrrole nitrogens is 1. The Bertz CT molecular complexity index is 370. The summed E-state index contributed by atoms with van der Waals surface area (Å²) >= 11 is 0. The standard InChI is InChI=1S/C14H21N3/c15-14(12-6-16-17-7-12)13-10-2-8-1-9(4-10)5-11(13)3-8/h6-11,13-14H,1-5,15H2,(H,16,17). The molecule has 1 unspecified atom stereocenters. The second-order valence-corrected chi connectivity index (χ2v) is 6.57. The Morgan fingerprint density at radius 1 is 1.12 bits per heavy atom. The Morgan fingerprint density at radius 2 is 1.76 bits per heavy atom. The van der Waals surface area contributed by atoms with Crippen LogP contribution in [0.5, 0.6) is 0 Å². The molecule has 1 atom stereocenters. The molecule has 4 aliphatic rings. The van der Waals surface area contributed by atoms with Crippen LogP contribution in [0.1, 0.15) is 43.7 Å². The second kappa shape index (κ2) is 3.58. The average molecular weight is 231 g/mol. The van der Waals surface area contributed by atoms with Crippen LogP contribution in [-0.4, -0.2) is 10.2 Å². The molecule has 0 amide bonds. The number of aromatic amines is 1. The number of rotatable bonds is 2. The Morgan fingerprint density at radius 3 is 2.29 bits per heavy atom. The van der Waals surface area contributed by atoms with Gasteiger partial charge in [0.05, 0.1) is 6.20 Å². The molecule has 17 heavy (non-hydrogen) atoms. The van der Waals surface area contributed by atoms with Gasteiger partial charge in [-0.25, -0.2) is 0 Å². The lowest BCUT2D eigenvalue weighted by molar-refractivity contribution is -0.0471. The minimum absolute atomic E-state index is 0.212. The van der Waals surface area contributed by atoms with Gasteiger partial charge in [0.2, 0.25) is 0 Å². The zero-order valence-corrected chi connectivity index (χ0v) is 10.2. The van der Waals surface area contributed by atoms with Crippen LogP contribution in [0.4, 0.5) is 0 Å². The van der Waals surface area contributed by atoms with E-state index in [1.807, 2.05) is 12.4 Å². The third kappa shape index (κ3) is 1.48. The largest absolute Gasteiger partial charge is 0.324 e. The molecule has 1 aromatic rings. The Kier molecular flexibility index (Phi) is 2.13. The fourth-order valence-electron chi connectivity index (χ4n) is 5.22. The normalized spacial score (nSPS) is 45.1. The molecule has 1 heterocycles. The Balaban J connectivity index is 1.62. The van der Waals surface area contributed by atoms with E-state index < -0.39 is 0 Å². The van der Waals surface area contributed by atoms with Crippen molar-refractivity contribution >= 4 is 0 Å². The Hall–Kier alpha value is -0.830. The summed E-state index contributed by atoms with van der Waals surface area (Å²) in [6.45, 7) is 0. The summed E-state index contributed by atoms with van der Waals surface area (Å²) in [6.07, 6.45) is 11.2. The predicted octanol–water partition coefficient (Wildman–Crippen LogP) is 2.48. The van der Waals surface area contributed by atoms with Gasteiger partial charge in [-0.15, -0.1) is 0 Å². The van der Waals surface area contributed by atoms with Crippen LogP contribution >= 0.6 is 0 Å². The van der Waals surface area contributed by atoms with Crippen molar-refractivity contribution in [2.24, 2.45) is 35.3 Å². The van der Waals surface area contributed by atoms with Gasteiger partial charge in [-0.2, -0.15) is 5.10 Å². The maximum atomic E-state index is 6.50. The minimum atomic E-state index is 0.212. The summed E-state index contributed by atoms with van der Waals surface area (Å²) in [5.74, 6) is 4.59. The van der Waals surface area contributed by atoms with E-state index in [0.29, 0.717) is 0 Å². The molecule has 0 aromatic carbocycles. The SMILES string of the molecule is NC(c1cn[nH]c1)C1C2CC3CC(C2)CC1C3. The van der Waals surface area contributed by atoms with E-state index in [-0.39, 0.29) is 6.04 Å². The smallest absolute Gasteiger partial charge is 0.0535 e. The lowest BCUT2D eigenvalue weighted by atomic mass is 9.50. The molecule has 0 saturated heterocycles. The molecule has 3 nitrogen and oxygen atoms in total. The topological polar surface area (TPSA) is 54.7 Å². The molecule has 3 heteroatoms. The highest BCUT2D eigenvalue weighted by molar-refractivity contribution is 5.14. The quantitative estimate of drug-likeness (QED) is 0.821. The Labute approximate surface area is 102 Å². The fourth-order valence-corrected chi connectivity index (χ4v) is 5.22. The number of aromatic nitrogens is 2. The van der Waals surface area contributed by atoms with Crippen molar-refractivity contribution in [3.05, 3.63) is 18.0 Å². The minimum Gasteiger partial charge on any atom is -0.324 e. The number of nitrogens with zero attached hydrogens (tertiary/aromatic N) is 1. The van der Waals surface area contributed by atoms with E-state index in [1.54, 1.807) is 0 Å². The summed E-state index contributed by atoms with van der Waals surface area (Å²) in [5.41, 5.74) is 7.72. The molecule has 3 N–H and O–H groups in total. The van der Waals surface area contributed by atoms with E-state index in [0.717, 1.165) is 29.6 Å². The predicted molar refractivity (Wildman–Crippen MR) is 66.1 cm³/mol. The van der Waals surface area contributed by atoms with Gasteiger partial charge < -0.3 is 5.73 Å². The maximum absolute atomic E-state index is 6.50. The van der Waals surface area contributed by atoms with Gasteiger partial charge >= 0.3 is 0 Å². The molecule has 4 bridgehead atoms. The van der Waals surface area contributed by atoms with E-state index in [4.69, 9.17) is 5.73 Å². The molecule has 92 valence electrons. The molecule has 4 saturated carbocycles. The van der Waals surface area contributed by atoms with Crippen LogP contribution in [0.25, 0.3) is 0 Å². The van der Waals surface area contributed by atoms with Crippen LogP contribution in [0.3, 0.4) is 0 Å². The van der Waals surface area contributed by atoms with Crippen LogP contribution in [0.15, 0.2) is 12.4 Å². The van der Waals surface area contributed by atoms with Crippen molar-refractivity contribution in [1.82, 2.24) is 10.2 Å². The zero-order valence-electron chi connectivity index (χ0n) is 10.2. The molecule has 0 spiro atoms. The van der Waals surface area contributed by atoms with Crippen molar-refractivity contribution < 1.29 is 0 Å². The molecule has 4 fully saturated rings. The van der Waals surface area contributed by atoms with Crippen molar-refractivity contribution in [1.29, 1.82) is 0 Å². The van der Waals surface area contributed by atoms with Crippen LogP contribution < -0.4 is 5.73 Å². The van der Waals surface area contributed by atoms with Gasteiger partial charge in [-0.3, -0.25) is 5.10 Å². The van der Waals surface area contributed by atoms with Gasteiger partial charge in [-0.1, -0.05) is 0 Å². The lowest BCUT2D eigenvalue weighted by Gasteiger charge is -2.56. The van der Waals surface area contributed by atoms with E-state index in [9.17, 15) is 0 Å². The summed E-state index contributed by atoms with van der Waals surface area (Å²) in [5, 5.41) is 6.95. The molecule has 4 aliphatic carbocycles. The molecule has 1 aromatic heterocycles. The van der Waals surface area contributed by atoms with E-state index in [2.05, 4.69) is 10.2 Å². The van der Waals surface area contributed by atoms with Crippen LogP contribution in [0.2, 0.25) is 0 Å². The van der Waals surface area contributed by atoms with Crippen LogP contribution in [0, 0.1) is 29.6 Å². The first-order valence-electron chi connectivity index (χ1n) is 7.05. The average Bonchev–Trinajstić information content (AvgIpc) is 2.80. The second-order valence-electron chi connectivity index (χ2n) is 6.57. The van der Waals surface area contributed by atoms with Gasteiger partial charge in [-0.05, 0) is 61.7 Å². The maximum Gasteiger partial charge on any atom is 0.0535 e. The van der Waals surface area contributed by atoms with E-state index >= 15 is 0 Å². The molecular formula is C14H21N3. The number of hydrogen-bond acceptors (Lipinski definition) is 2. The first-order valence-corrected chi connectivity index (χ1v) is 7.05. The lowest BCUT2D eigenvalue weighted by Crippen LogP contribution is -2.48. The first kappa shape index (κ1) is 10.1. The van der Waals surface area contributed by atoms with Gasteiger partial charge in [0.15, 0.2) is 0 Å². The molecular weight excluding hydrogens is 210 g/mol. The van der Waals surface area contributed by atoms with Gasteiger partial charge in [0.1, 0.15) is 0 Å². The van der Waals surface area contributed by atoms with Crippen molar-refractivity contribution in [3.63, 3.8) is 0 Å². The van der Waals surface area contributed by atoms with Gasteiger partial charge in [0, 0.05) is 17.8 Å². The summed E-state index contributed by atoms with van der Waals surface area (Å²) in [6, 6.07) is 0.212. The first-order chi connectivity index (χ1) is 8.31. The summed E-state index contributed by atoms with van der Waals surface area (Å²) < 4.78 is 0. The number of nitrogens with one attached hydrogen (secondary N) is 1. The van der Waals surface area contributed by atoms with E-state index in [1.165, 1.54) is 37.7 Å². The molecule has 0 aliphatic heterocycles. The zero-order chi connectivity index (χ0) is 11.4. The third-order valence-electron chi connectivity index (χ3n) is 5.62. The van der Waals surface area contributed by atoms with Crippen LogP contribution in [-0.2, 0) is 0 Å². The molecule has 0 radical (unpaired) electrons. The van der Waals surface area contributed by atoms with Crippen molar-refractivity contribution in [3.8, 4) is 0 Å². The fraction of sp³-hybridized carbons (Fsp3) is 0.786. The summed E-state index contributed by atoms with van der Waals surface area (Å²) in [7, 11) is 0. The highest BCUT2D eigenvalue weighted by Gasteiger charge is 2.50. The number of nitrogens with two attached hydrogens (primary N) is 1. The highest BCUT2D eigenvalue weighted by Crippen LogP contribution is 2.58. The van der Waals surface area contributed by atoms with Gasteiger partial charge in [0.25, 0.3) is 0 Å².